The number of halogens is 1. The Morgan fingerprint density at radius 2 is 2.03 bits per heavy atom. The first-order valence-corrected chi connectivity index (χ1v) is 10.6. The normalized spacial score (nSPS) is 19.5. The van der Waals surface area contributed by atoms with E-state index in [2.05, 4.69) is 16.8 Å². The minimum absolute atomic E-state index is 0.212. The van der Waals surface area contributed by atoms with Crippen molar-refractivity contribution in [2.24, 2.45) is 0 Å². The summed E-state index contributed by atoms with van der Waals surface area (Å²) in [5.41, 5.74) is 1.79. The van der Waals surface area contributed by atoms with Crippen molar-refractivity contribution < 1.29 is 29.2 Å². The molecule has 0 spiro atoms. The Morgan fingerprint density at radius 1 is 1.24 bits per heavy atom. The zero-order valence-electron chi connectivity index (χ0n) is 18.1. The van der Waals surface area contributed by atoms with Gasteiger partial charge in [-0.1, -0.05) is 24.0 Å². The summed E-state index contributed by atoms with van der Waals surface area (Å²) < 4.78 is 27.1. The molecule has 1 aliphatic heterocycles. The maximum absolute atomic E-state index is 14.7. The van der Waals surface area contributed by atoms with Gasteiger partial charge in [0.05, 0.1) is 19.8 Å². The lowest BCUT2D eigenvalue weighted by Crippen LogP contribution is -2.29. The van der Waals surface area contributed by atoms with Crippen LogP contribution >= 0.6 is 0 Å². The topological polar surface area (TPSA) is 97.0 Å². The molecule has 1 fully saturated rings. The summed E-state index contributed by atoms with van der Waals surface area (Å²) in [5, 5.41) is 29.3. The van der Waals surface area contributed by atoms with E-state index in [4.69, 9.17) is 9.47 Å². The number of aliphatic hydroxyl groups is 3. The van der Waals surface area contributed by atoms with Crippen molar-refractivity contribution in [3.05, 3.63) is 72.1 Å². The molecule has 1 unspecified atom stereocenters. The van der Waals surface area contributed by atoms with Gasteiger partial charge in [0.1, 0.15) is 41.7 Å². The quantitative estimate of drug-likeness (QED) is 0.498. The van der Waals surface area contributed by atoms with Gasteiger partial charge in [-0.3, -0.25) is 0 Å². The highest BCUT2D eigenvalue weighted by molar-refractivity contribution is 5.66. The highest BCUT2D eigenvalue weighted by Gasteiger charge is 2.28. The van der Waals surface area contributed by atoms with Crippen LogP contribution in [-0.4, -0.2) is 56.9 Å². The first-order chi connectivity index (χ1) is 16.0. The Kier molecular flexibility index (Phi) is 7.06. The van der Waals surface area contributed by atoms with Crippen molar-refractivity contribution in [1.29, 1.82) is 0 Å². The second-order valence-electron chi connectivity index (χ2n) is 7.82. The molecule has 3 aromatic rings. The highest BCUT2D eigenvalue weighted by Crippen LogP contribution is 2.28. The van der Waals surface area contributed by atoms with Crippen LogP contribution in [0.2, 0.25) is 0 Å². The summed E-state index contributed by atoms with van der Waals surface area (Å²) in [5.74, 6) is 6.32. The molecule has 0 aliphatic carbocycles. The predicted molar refractivity (Wildman–Crippen MR) is 119 cm³/mol. The Hall–Kier alpha value is -3.22. The van der Waals surface area contributed by atoms with Crippen LogP contribution in [0.4, 0.5) is 4.39 Å². The van der Waals surface area contributed by atoms with Crippen molar-refractivity contribution in [3.8, 4) is 28.7 Å². The van der Waals surface area contributed by atoms with Crippen molar-refractivity contribution in [1.82, 2.24) is 9.55 Å². The van der Waals surface area contributed by atoms with Crippen molar-refractivity contribution in [2.75, 3.05) is 19.8 Å². The maximum atomic E-state index is 14.7. The Bertz CT molecular complexity index is 1150. The third-order valence-electron chi connectivity index (χ3n) is 5.39. The summed E-state index contributed by atoms with van der Waals surface area (Å²) >= 11 is 0. The van der Waals surface area contributed by atoms with Crippen LogP contribution in [0.15, 0.2) is 54.9 Å². The molecule has 8 heteroatoms. The lowest BCUT2D eigenvalue weighted by molar-refractivity contribution is 0.0731. The fourth-order valence-corrected chi connectivity index (χ4v) is 3.63. The number of ether oxygens (including phenoxy) is 2. The van der Waals surface area contributed by atoms with E-state index in [1.54, 1.807) is 60.3 Å². The standard InChI is InChI=1S/C25H25FN2O5/c1-16(30)25-27-10-11-28(25)19(13-29)7-4-17-2-5-18(6-3-17)21-9-8-20(12-22(21)26)33-24-15-32-14-23(24)31/h2-3,5-6,8-12,16,19,23-24,29-31H,13-15H2,1H3/t16-,19-,23?,24-/m0/s1. The second-order valence-corrected chi connectivity index (χ2v) is 7.82. The number of hydrogen-bond donors (Lipinski definition) is 3. The average Bonchev–Trinajstić information content (AvgIpc) is 3.45. The number of aromatic nitrogens is 2. The summed E-state index contributed by atoms with van der Waals surface area (Å²) in [7, 11) is 0. The minimum atomic E-state index is -0.779. The van der Waals surface area contributed by atoms with E-state index in [-0.39, 0.29) is 19.8 Å². The lowest BCUT2D eigenvalue weighted by atomic mass is 10.0. The molecular weight excluding hydrogens is 427 g/mol. The minimum Gasteiger partial charge on any atom is -0.485 e. The zero-order chi connectivity index (χ0) is 23.4. The van der Waals surface area contributed by atoms with Crippen LogP contribution in [0.1, 0.15) is 30.5 Å². The summed E-state index contributed by atoms with van der Waals surface area (Å²) in [4.78, 5) is 4.10. The van der Waals surface area contributed by atoms with Crippen LogP contribution < -0.4 is 4.74 Å². The number of nitrogens with zero attached hydrogens (tertiary/aromatic N) is 2. The average molecular weight is 452 g/mol. The molecule has 3 N–H and O–H groups in total. The number of hydrogen-bond acceptors (Lipinski definition) is 6. The number of aliphatic hydroxyl groups excluding tert-OH is 3. The largest absolute Gasteiger partial charge is 0.485 e. The summed E-state index contributed by atoms with van der Waals surface area (Å²) in [6, 6.07) is 11.1. The van der Waals surface area contributed by atoms with Gasteiger partial charge in [0.15, 0.2) is 0 Å². The van der Waals surface area contributed by atoms with E-state index < -0.39 is 30.2 Å². The van der Waals surface area contributed by atoms with Crippen molar-refractivity contribution >= 4 is 0 Å². The van der Waals surface area contributed by atoms with E-state index in [9.17, 15) is 19.7 Å². The van der Waals surface area contributed by atoms with E-state index >= 15 is 0 Å². The van der Waals surface area contributed by atoms with Crippen LogP contribution in [-0.2, 0) is 4.74 Å². The molecule has 0 bridgehead atoms. The molecule has 1 aliphatic rings. The number of rotatable bonds is 6. The molecule has 7 nitrogen and oxygen atoms in total. The molecule has 0 saturated carbocycles. The van der Waals surface area contributed by atoms with Gasteiger partial charge in [0, 0.05) is 29.6 Å². The molecule has 1 saturated heterocycles. The zero-order valence-corrected chi connectivity index (χ0v) is 18.1. The molecule has 0 radical (unpaired) electrons. The van der Waals surface area contributed by atoms with E-state index in [1.807, 2.05) is 0 Å². The van der Waals surface area contributed by atoms with Gasteiger partial charge in [0.25, 0.3) is 0 Å². The molecule has 0 amide bonds. The molecule has 4 rings (SSSR count). The third-order valence-corrected chi connectivity index (χ3v) is 5.39. The molecular formula is C25H25FN2O5. The smallest absolute Gasteiger partial charge is 0.150 e. The fraction of sp³-hybridized carbons (Fsp3) is 0.320. The van der Waals surface area contributed by atoms with Gasteiger partial charge in [-0.2, -0.15) is 0 Å². The van der Waals surface area contributed by atoms with E-state index in [0.29, 0.717) is 28.3 Å². The van der Waals surface area contributed by atoms with Gasteiger partial charge in [-0.15, -0.1) is 0 Å². The molecule has 172 valence electrons. The van der Waals surface area contributed by atoms with Gasteiger partial charge in [-0.05, 0) is 36.8 Å². The Balaban J connectivity index is 1.48. The van der Waals surface area contributed by atoms with E-state index in [0.717, 1.165) is 0 Å². The first kappa shape index (κ1) is 23.0. The van der Waals surface area contributed by atoms with Gasteiger partial charge < -0.3 is 29.4 Å². The van der Waals surface area contributed by atoms with Gasteiger partial charge in [0.2, 0.25) is 0 Å². The predicted octanol–water partition coefficient (Wildman–Crippen LogP) is 2.47. The highest BCUT2D eigenvalue weighted by atomic mass is 19.1. The second kappa shape index (κ2) is 10.1. The Labute approximate surface area is 191 Å². The Morgan fingerprint density at radius 3 is 2.67 bits per heavy atom. The molecule has 2 heterocycles. The lowest BCUT2D eigenvalue weighted by Gasteiger charge is -2.16. The monoisotopic (exact) mass is 452 g/mol. The molecule has 2 aromatic carbocycles. The van der Waals surface area contributed by atoms with E-state index in [1.165, 1.54) is 6.07 Å². The molecule has 4 atom stereocenters. The fourth-order valence-electron chi connectivity index (χ4n) is 3.63. The number of benzene rings is 2. The van der Waals surface area contributed by atoms with Crippen LogP contribution in [0, 0.1) is 17.7 Å². The van der Waals surface area contributed by atoms with Gasteiger partial charge in [-0.25, -0.2) is 9.37 Å². The van der Waals surface area contributed by atoms with Gasteiger partial charge >= 0.3 is 0 Å². The maximum Gasteiger partial charge on any atom is 0.150 e. The van der Waals surface area contributed by atoms with Crippen LogP contribution in [0.25, 0.3) is 11.1 Å². The number of imidazole rings is 1. The summed E-state index contributed by atoms with van der Waals surface area (Å²) in [6.07, 6.45) is 1.21. The van der Waals surface area contributed by atoms with Crippen LogP contribution in [0.3, 0.4) is 0 Å². The van der Waals surface area contributed by atoms with Crippen LogP contribution in [0.5, 0.6) is 5.75 Å². The molecule has 1 aromatic heterocycles. The van der Waals surface area contributed by atoms with Crippen molar-refractivity contribution in [2.45, 2.75) is 31.3 Å². The van der Waals surface area contributed by atoms with Crippen molar-refractivity contribution in [3.63, 3.8) is 0 Å². The third kappa shape index (κ3) is 5.24. The molecule has 33 heavy (non-hydrogen) atoms. The SMILES string of the molecule is C[C@H](O)c1nccn1[C@@H](C#Cc1ccc(-c2ccc(O[C@H]3COCC3O)cc2F)cc1)CO. The first-order valence-electron chi connectivity index (χ1n) is 10.6. The summed E-state index contributed by atoms with van der Waals surface area (Å²) in [6.45, 7) is 1.85.